The van der Waals surface area contributed by atoms with Crippen LogP contribution in [0.3, 0.4) is 0 Å². The van der Waals surface area contributed by atoms with E-state index in [2.05, 4.69) is 10.2 Å². The molecule has 2 heterocycles. The molecule has 3 aromatic rings. The average Bonchev–Trinajstić information content (AvgIpc) is 2.62. The van der Waals surface area contributed by atoms with E-state index in [0.717, 1.165) is 18.0 Å². The summed E-state index contributed by atoms with van der Waals surface area (Å²) in [5, 5.41) is 3.45. The summed E-state index contributed by atoms with van der Waals surface area (Å²) in [7, 11) is 1.96. The number of rotatable bonds is 2. The summed E-state index contributed by atoms with van der Waals surface area (Å²) in [5.41, 5.74) is 1.26. The van der Waals surface area contributed by atoms with Crippen LogP contribution in [-0.2, 0) is 0 Å². The third kappa shape index (κ3) is 2.82. The molecule has 0 saturated carbocycles. The first-order chi connectivity index (χ1) is 12.1. The number of carbonyl (C=O) groups is 1. The fourth-order valence-electron chi connectivity index (χ4n) is 2.85. The molecule has 0 spiro atoms. The van der Waals surface area contributed by atoms with E-state index in [0.29, 0.717) is 23.3 Å². The van der Waals surface area contributed by atoms with Crippen molar-refractivity contribution in [1.82, 2.24) is 0 Å². The molecule has 1 amide bonds. The van der Waals surface area contributed by atoms with Gasteiger partial charge in [0.05, 0.1) is 12.2 Å². The van der Waals surface area contributed by atoms with Crippen LogP contribution in [0.5, 0.6) is 5.75 Å². The van der Waals surface area contributed by atoms with Gasteiger partial charge in [0.2, 0.25) is 0 Å². The predicted molar refractivity (Wildman–Crippen MR) is 95.6 cm³/mol. The molecule has 4 rings (SSSR count). The highest BCUT2D eigenvalue weighted by Gasteiger charge is 2.18. The number of fused-ring (bicyclic) bond motifs is 2. The number of anilines is 2. The summed E-state index contributed by atoms with van der Waals surface area (Å²) in [6, 6.07) is 14.0. The van der Waals surface area contributed by atoms with Crippen molar-refractivity contribution in [2.24, 2.45) is 0 Å². The smallest absolute Gasteiger partial charge is 0.349 e. The summed E-state index contributed by atoms with van der Waals surface area (Å²) in [6.45, 7) is 1.41. The normalized spacial score (nSPS) is 13.2. The molecule has 1 aliphatic rings. The van der Waals surface area contributed by atoms with E-state index in [1.54, 1.807) is 30.3 Å². The second kappa shape index (κ2) is 5.98. The van der Waals surface area contributed by atoms with Crippen molar-refractivity contribution in [2.75, 3.05) is 30.4 Å². The van der Waals surface area contributed by atoms with Crippen molar-refractivity contribution in [3.8, 4) is 5.75 Å². The van der Waals surface area contributed by atoms with E-state index in [1.165, 1.54) is 0 Å². The van der Waals surface area contributed by atoms with E-state index in [9.17, 15) is 9.59 Å². The van der Waals surface area contributed by atoms with Gasteiger partial charge in [0, 0.05) is 18.1 Å². The van der Waals surface area contributed by atoms with Crippen LogP contribution in [0, 0.1) is 0 Å². The summed E-state index contributed by atoms with van der Waals surface area (Å²) < 4.78 is 10.8. The minimum atomic E-state index is -0.658. The second-order valence-corrected chi connectivity index (χ2v) is 5.89. The second-order valence-electron chi connectivity index (χ2n) is 5.89. The van der Waals surface area contributed by atoms with Gasteiger partial charge in [-0.2, -0.15) is 0 Å². The molecule has 2 aromatic carbocycles. The van der Waals surface area contributed by atoms with E-state index in [1.807, 2.05) is 25.2 Å². The molecule has 0 saturated heterocycles. The Morgan fingerprint density at radius 2 is 2.00 bits per heavy atom. The standard InChI is InChI=1S/C19H16N2O4/c1-21-8-9-24-17-7-6-13(11-15(17)21)20-18(22)14-10-12-4-2-3-5-16(12)25-19(14)23/h2-7,10-11H,8-9H2,1H3,(H,20,22). The summed E-state index contributed by atoms with van der Waals surface area (Å²) in [4.78, 5) is 26.7. The predicted octanol–water partition coefficient (Wildman–Crippen LogP) is 2.87. The molecule has 6 heteroatoms. The maximum atomic E-state index is 12.5. The Morgan fingerprint density at radius 3 is 2.88 bits per heavy atom. The number of ether oxygens (including phenoxy) is 1. The molecule has 1 N–H and O–H groups in total. The quantitative estimate of drug-likeness (QED) is 0.729. The first kappa shape index (κ1) is 15.3. The summed E-state index contributed by atoms with van der Waals surface area (Å²) in [6.07, 6.45) is 0. The Kier molecular flexibility index (Phi) is 3.65. The van der Waals surface area contributed by atoms with Crippen molar-refractivity contribution in [3.63, 3.8) is 0 Å². The highest BCUT2D eigenvalue weighted by molar-refractivity contribution is 6.05. The average molecular weight is 336 g/mol. The van der Waals surface area contributed by atoms with Gasteiger partial charge in [-0.3, -0.25) is 4.79 Å². The molecule has 25 heavy (non-hydrogen) atoms. The van der Waals surface area contributed by atoms with Gasteiger partial charge in [-0.15, -0.1) is 0 Å². The molecule has 1 aliphatic heterocycles. The fraction of sp³-hybridized carbons (Fsp3) is 0.158. The molecular weight excluding hydrogens is 320 g/mol. The molecule has 0 unspecified atom stereocenters. The number of benzene rings is 2. The molecule has 0 bridgehead atoms. The highest BCUT2D eigenvalue weighted by Crippen LogP contribution is 2.33. The van der Waals surface area contributed by atoms with E-state index in [-0.39, 0.29) is 5.56 Å². The number of hydrogen-bond donors (Lipinski definition) is 1. The third-order valence-corrected chi connectivity index (χ3v) is 4.20. The topological polar surface area (TPSA) is 71.8 Å². The van der Waals surface area contributed by atoms with Gasteiger partial charge in [0.15, 0.2) is 0 Å². The Hall–Kier alpha value is -3.28. The molecule has 0 radical (unpaired) electrons. The molecule has 0 atom stereocenters. The van der Waals surface area contributed by atoms with Crippen LogP contribution >= 0.6 is 0 Å². The molecule has 0 fully saturated rings. The number of hydrogen-bond acceptors (Lipinski definition) is 5. The number of carbonyl (C=O) groups excluding carboxylic acids is 1. The number of amides is 1. The van der Waals surface area contributed by atoms with E-state index < -0.39 is 11.5 Å². The summed E-state index contributed by atoms with van der Waals surface area (Å²) in [5.74, 6) is 0.274. The van der Waals surface area contributed by atoms with Crippen LogP contribution in [0.1, 0.15) is 10.4 Å². The monoisotopic (exact) mass is 336 g/mol. The highest BCUT2D eigenvalue weighted by atomic mass is 16.5. The van der Waals surface area contributed by atoms with Gasteiger partial charge >= 0.3 is 5.63 Å². The number of para-hydroxylation sites is 1. The van der Waals surface area contributed by atoms with Crippen LogP contribution in [0.15, 0.2) is 57.7 Å². The maximum Gasteiger partial charge on any atom is 0.349 e. The van der Waals surface area contributed by atoms with Crippen LogP contribution in [-0.4, -0.2) is 26.1 Å². The Bertz CT molecular complexity index is 1030. The van der Waals surface area contributed by atoms with Crippen LogP contribution in [0.2, 0.25) is 0 Å². The van der Waals surface area contributed by atoms with Gasteiger partial charge in [0.25, 0.3) is 5.91 Å². The first-order valence-electron chi connectivity index (χ1n) is 7.94. The van der Waals surface area contributed by atoms with Crippen LogP contribution in [0.25, 0.3) is 11.0 Å². The Labute approximate surface area is 143 Å². The third-order valence-electron chi connectivity index (χ3n) is 4.20. The zero-order chi connectivity index (χ0) is 17.4. The number of nitrogens with one attached hydrogen (secondary N) is 1. The first-order valence-corrected chi connectivity index (χ1v) is 7.94. The molecule has 0 aliphatic carbocycles. The summed E-state index contributed by atoms with van der Waals surface area (Å²) >= 11 is 0. The van der Waals surface area contributed by atoms with Gasteiger partial charge < -0.3 is 19.4 Å². The van der Waals surface area contributed by atoms with E-state index in [4.69, 9.17) is 9.15 Å². The van der Waals surface area contributed by atoms with Gasteiger partial charge in [-0.25, -0.2) is 4.79 Å². The van der Waals surface area contributed by atoms with Crippen molar-refractivity contribution in [1.29, 1.82) is 0 Å². The molecule has 1 aromatic heterocycles. The van der Waals surface area contributed by atoms with E-state index >= 15 is 0 Å². The fourth-order valence-corrected chi connectivity index (χ4v) is 2.85. The lowest BCUT2D eigenvalue weighted by Gasteiger charge is -2.28. The number of nitrogens with zero attached hydrogens (tertiary/aromatic N) is 1. The zero-order valence-electron chi connectivity index (χ0n) is 13.6. The zero-order valence-corrected chi connectivity index (χ0v) is 13.6. The lowest BCUT2D eigenvalue weighted by Crippen LogP contribution is -2.29. The Morgan fingerprint density at radius 1 is 1.16 bits per heavy atom. The van der Waals surface area contributed by atoms with Crippen molar-refractivity contribution >= 4 is 28.3 Å². The lowest BCUT2D eigenvalue weighted by molar-refractivity contribution is 0.102. The van der Waals surface area contributed by atoms with Crippen molar-refractivity contribution in [2.45, 2.75) is 0 Å². The van der Waals surface area contributed by atoms with Crippen molar-refractivity contribution < 1.29 is 13.9 Å². The Balaban J connectivity index is 1.65. The van der Waals surface area contributed by atoms with Crippen LogP contribution in [0.4, 0.5) is 11.4 Å². The van der Waals surface area contributed by atoms with Crippen molar-refractivity contribution in [3.05, 3.63) is 64.5 Å². The minimum Gasteiger partial charge on any atom is -0.490 e. The van der Waals surface area contributed by atoms with Gasteiger partial charge in [0.1, 0.15) is 23.5 Å². The number of likely N-dealkylation sites (N-methyl/N-ethyl adjacent to an activating group) is 1. The molecule has 126 valence electrons. The molecular formula is C19H16N2O4. The van der Waals surface area contributed by atoms with Gasteiger partial charge in [-0.05, 0) is 30.3 Å². The largest absolute Gasteiger partial charge is 0.490 e. The minimum absolute atomic E-state index is 0.0268. The SMILES string of the molecule is CN1CCOc2ccc(NC(=O)c3cc4ccccc4oc3=O)cc21. The van der Waals surface area contributed by atoms with Crippen LogP contribution < -0.4 is 20.6 Å². The van der Waals surface area contributed by atoms with Gasteiger partial charge in [-0.1, -0.05) is 18.2 Å². The maximum absolute atomic E-state index is 12.5. The lowest BCUT2D eigenvalue weighted by atomic mass is 10.1. The molecule has 6 nitrogen and oxygen atoms in total.